The van der Waals surface area contributed by atoms with E-state index in [0.29, 0.717) is 43.4 Å². The number of amides is 1. The molecule has 1 aromatic carbocycles. The highest BCUT2D eigenvalue weighted by atomic mass is 32.1. The third kappa shape index (κ3) is 3.81. The molecule has 134 valence electrons. The van der Waals surface area contributed by atoms with E-state index in [-0.39, 0.29) is 11.7 Å². The minimum Gasteiger partial charge on any atom is -0.354 e. The van der Waals surface area contributed by atoms with Crippen LogP contribution in [0.25, 0.3) is 5.69 Å². The van der Waals surface area contributed by atoms with Gasteiger partial charge in [0.2, 0.25) is 5.91 Å². The van der Waals surface area contributed by atoms with Gasteiger partial charge in [-0.3, -0.25) is 9.69 Å². The fourth-order valence-corrected chi connectivity index (χ4v) is 3.68. The largest absolute Gasteiger partial charge is 0.354 e. The summed E-state index contributed by atoms with van der Waals surface area (Å²) in [6.07, 6.45) is 0.632. The third-order valence-electron chi connectivity index (χ3n) is 4.17. The molecule has 4 rings (SSSR count). The van der Waals surface area contributed by atoms with Gasteiger partial charge in [-0.15, -0.1) is 11.3 Å². The van der Waals surface area contributed by atoms with Crippen LogP contribution in [0.4, 0.5) is 4.39 Å². The number of nitrogens with zero attached hydrogens (tertiary/aromatic N) is 4. The average Bonchev–Trinajstić information content (AvgIpc) is 3.25. The molecule has 8 heteroatoms. The summed E-state index contributed by atoms with van der Waals surface area (Å²) in [7, 11) is 0. The van der Waals surface area contributed by atoms with Gasteiger partial charge in [0.05, 0.1) is 18.8 Å². The lowest BCUT2D eigenvalue weighted by Crippen LogP contribution is -2.47. The quantitative estimate of drug-likeness (QED) is 0.745. The number of piperazine rings is 1. The Labute approximate surface area is 154 Å². The summed E-state index contributed by atoms with van der Waals surface area (Å²) in [5.74, 6) is 1.08. The summed E-state index contributed by atoms with van der Waals surface area (Å²) < 4.78 is 15.4. The fourth-order valence-electron chi connectivity index (χ4n) is 2.98. The highest BCUT2D eigenvalue weighted by Gasteiger charge is 2.20. The molecule has 3 heterocycles. The van der Waals surface area contributed by atoms with Crippen molar-refractivity contribution in [2.45, 2.75) is 13.0 Å². The summed E-state index contributed by atoms with van der Waals surface area (Å²) in [5, 5.41) is 9.43. The predicted octanol–water partition coefficient (Wildman–Crippen LogP) is 1.99. The Hall–Kier alpha value is -2.58. The van der Waals surface area contributed by atoms with Gasteiger partial charge < -0.3 is 5.32 Å². The van der Waals surface area contributed by atoms with Crippen LogP contribution < -0.4 is 5.32 Å². The SMILES string of the molecule is O=C1CN(Cc2nc(Cc3cccs3)nn2-c2cccc(F)c2)CCN1. The first-order valence-electron chi connectivity index (χ1n) is 8.39. The normalized spacial score (nSPS) is 15.2. The van der Waals surface area contributed by atoms with Gasteiger partial charge in [-0.05, 0) is 29.6 Å². The van der Waals surface area contributed by atoms with Crippen LogP contribution in [-0.2, 0) is 17.8 Å². The molecule has 0 unspecified atom stereocenters. The standard InChI is InChI=1S/C18H18FN5OS/c19-13-3-1-4-14(9-13)24-17(11-23-7-6-20-18(25)12-23)21-16(22-24)10-15-5-2-8-26-15/h1-5,8-9H,6-7,10-12H2,(H,20,25). The number of hydrogen-bond acceptors (Lipinski definition) is 5. The minimum atomic E-state index is -0.318. The van der Waals surface area contributed by atoms with E-state index in [2.05, 4.69) is 15.4 Å². The molecule has 1 aliphatic rings. The van der Waals surface area contributed by atoms with Crippen LogP contribution in [0.2, 0.25) is 0 Å². The van der Waals surface area contributed by atoms with Gasteiger partial charge in [0.25, 0.3) is 0 Å². The van der Waals surface area contributed by atoms with E-state index >= 15 is 0 Å². The number of halogens is 1. The van der Waals surface area contributed by atoms with E-state index in [0.717, 1.165) is 6.54 Å². The van der Waals surface area contributed by atoms with Gasteiger partial charge in [0.15, 0.2) is 5.82 Å². The molecular weight excluding hydrogens is 353 g/mol. The number of carbonyl (C=O) groups excluding carboxylic acids is 1. The molecule has 1 amide bonds. The Bertz CT molecular complexity index is 908. The maximum Gasteiger partial charge on any atom is 0.234 e. The van der Waals surface area contributed by atoms with E-state index in [4.69, 9.17) is 0 Å². The zero-order valence-corrected chi connectivity index (χ0v) is 14.9. The van der Waals surface area contributed by atoms with Crippen LogP contribution in [0.3, 0.4) is 0 Å². The first-order chi connectivity index (χ1) is 12.7. The van der Waals surface area contributed by atoms with Gasteiger partial charge in [-0.2, -0.15) is 5.10 Å². The number of aromatic nitrogens is 3. The number of thiophene rings is 1. The molecule has 1 fully saturated rings. The smallest absolute Gasteiger partial charge is 0.234 e. The summed E-state index contributed by atoms with van der Waals surface area (Å²) >= 11 is 1.65. The predicted molar refractivity (Wildman–Crippen MR) is 96.7 cm³/mol. The second-order valence-electron chi connectivity index (χ2n) is 6.15. The Morgan fingerprint density at radius 2 is 2.19 bits per heavy atom. The molecule has 0 radical (unpaired) electrons. The van der Waals surface area contributed by atoms with Crippen molar-refractivity contribution in [1.29, 1.82) is 0 Å². The van der Waals surface area contributed by atoms with Crippen LogP contribution in [-0.4, -0.2) is 45.2 Å². The lowest BCUT2D eigenvalue weighted by Gasteiger charge is -2.25. The first-order valence-corrected chi connectivity index (χ1v) is 9.27. The maximum absolute atomic E-state index is 13.7. The van der Waals surface area contributed by atoms with Crippen molar-refractivity contribution in [2.24, 2.45) is 0 Å². The molecule has 0 spiro atoms. The summed E-state index contributed by atoms with van der Waals surface area (Å²) in [6.45, 7) is 2.19. The third-order valence-corrected chi connectivity index (χ3v) is 5.04. The minimum absolute atomic E-state index is 0.00637. The van der Waals surface area contributed by atoms with Crippen LogP contribution in [0.1, 0.15) is 16.5 Å². The molecule has 1 saturated heterocycles. The van der Waals surface area contributed by atoms with E-state index < -0.39 is 0 Å². The molecule has 2 aromatic heterocycles. The second-order valence-corrected chi connectivity index (χ2v) is 7.18. The maximum atomic E-state index is 13.7. The summed E-state index contributed by atoms with van der Waals surface area (Å²) in [4.78, 5) is 19.5. The number of benzene rings is 1. The van der Waals surface area contributed by atoms with E-state index in [1.165, 1.54) is 17.0 Å². The van der Waals surface area contributed by atoms with Crippen molar-refractivity contribution in [3.05, 3.63) is 64.1 Å². The molecule has 0 aliphatic carbocycles. The lowest BCUT2D eigenvalue weighted by molar-refractivity contribution is -0.124. The zero-order chi connectivity index (χ0) is 17.9. The molecular formula is C18H18FN5OS. The van der Waals surface area contributed by atoms with Gasteiger partial charge in [-0.1, -0.05) is 12.1 Å². The number of hydrogen-bond donors (Lipinski definition) is 1. The van der Waals surface area contributed by atoms with E-state index in [9.17, 15) is 9.18 Å². The summed E-state index contributed by atoms with van der Waals surface area (Å²) in [5.41, 5.74) is 0.631. The van der Waals surface area contributed by atoms with Gasteiger partial charge >= 0.3 is 0 Å². The van der Waals surface area contributed by atoms with Crippen molar-refractivity contribution in [1.82, 2.24) is 25.0 Å². The monoisotopic (exact) mass is 371 g/mol. The Morgan fingerprint density at radius 3 is 2.96 bits per heavy atom. The molecule has 0 saturated carbocycles. The Balaban J connectivity index is 1.65. The van der Waals surface area contributed by atoms with E-state index in [1.54, 1.807) is 28.2 Å². The van der Waals surface area contributed by atoms with Crippen LogP contribution >= 0.6 is 11.3 Å². The molecule has 1 N–H and O–H groups in total. The Kier molecular flexibility index (Phi) is 4.77. The van der Waals surface area contributed by atoms with Gasteiger partial charge in [-0.25, -0.2) is 14.1 Å². The van der Waals surface area contributed by atoms with Crippen LogP contribution in [0.5, 0.6) is 0 Å². The lowest BCUT2D eigenvalue weighted by atomic mass is 10.3. The fraction of sp³-hybridized carbons (Fsp3) is 0.278. The molecule has 0 bridgehead atoms. The molecule has 3 aromatic rings. The molecule has 6 nitrogen and oxygen atoms in total. The summed E-state index contributed by atoms with van der Waals surface area (Å²) in [6, 6.07) is 10.3. The van der Waals surface area contributed by atoms with E-state index in [1.807, 2.05) is 22.4 Å². The highest BCUT2D eigenvalue weighted by Crippen LogP contribution is 2.17. The zero-order valence-electron chi connectivity index (χ0n) is 14.1. The van der Waals surface area contributed by atoms with Crippen molar-refractivity contribution in [2.75, 3.05) is 19.6 Å². The molecule has 26 heavy (non-hydrogen) atoms. The first kappa shape index (κ1) is 16.9. The van der Waals surface area contributed by atoms with Crippen LogP contribution in [0.15, 0.2) is 41.8 Å². The highest BCUT2D eigenvalue weighted by molar-refractivity contribution is 7.09. The van der Waals surface area contributed by atoms with Crippen LogP contribution in [0, 0.1) is 5.82 Å². The van der Waals surface area contributed by atoms with Gasteiger partial charge in [0.1, 0.15) is 11.6 Å². The van der Waals surface area contributed by atoms with Crippen molar-refractivity contribution in [3.63, 3.8) is 0 Å². The molecule has 1 aliphatic heterocycles. The van der Waals surface area contributed by atoms with Crippen molar-refractivity contribution >= 4 is 17.2 Å². The second kappa shape index (κ2) is 7.35. The average molecular weight is 371 g/mol. The Morgan fingerprint density at radius 1 is 1.27 bits per heavy atom. The number of nitrogens with one attached hydrogen (secondary N) is 1. The topological polar surface area (TPSA) is 63.1 Å². The number of rotatable bonds is 5. The number of carbonyl (C=O) groups is 1. The van der Waals surface area contributed by atoms with Gasteiger partial charge in [0, 0.05) is 24.4 Å². The van der Waals surface area contributed by atoms with Crippen molar-refractivity contribution < 1.29 is 9.18 Å². The van der Waals surface area contributed by atoms with Crippen molar-refractivity contribution in [3.8, 4) is 5.69 Å². The molecule has 0 atom stereocenters.